The molecule has 13 heteroatoms. The van der Waals surface area contributed by atoms with Gasteiger partial charge in [-0.3, -0.25) is 20.2 Å². The molecule has 2 heterocycles. The van der Waals surface area contributed by atoms with Gasteiger partial charge in [0.15, 0.2) is 0 Å². The number of halogens is 2. The lowest BCUT2D eigenvalue weighted by Gasteiger charge is -2.00. The Hall–Kier alpha value is -3.96. The molecule has 1 amide bonds. The minimum absolute atomic E-state index is 0.0339. The molecular weight excluding hydrogens is 465 g/mol. The molecule has 2 aromatic heterocycles. The summed E-state index contributed by atoms with van der Waals surface area (Å²) in [7, 11) is 0. The third-order valence-electron chi connectivity index (χ3n) is 4.21. The third kappa shape index (κ3) is 4.53. The number of nitrogens with one attached hydrogen (secondary N) is 1. The number of nitro groups is 1. The number of nitro benzene ring substituents is 1. The van der Waals surface area contributed by atoms with Crippen LogP contribution in [0.15, 0.2) is 62.3 Å². The molecule has 11 nitrogen and oxygen atoms in total. The van der Waals surface area contributed by atoms with Crippen LogP contribution in [0, 0.1) is 10.1 Å². The molecule has 0 unspecified atom stereocenters. The quantitative estimate of drug-likeness (QED) is 0.324. The summed E-state index contributed by atoms with van der Waals surface area (Å²) in [4.78, 5) is 34.6. The van der Waals surface area contributed by atoms with Gasteiger partial charge in [0.25, 0.3) is 11.6 Å². The van der Waals surface area contributed by atoms with E-state index in [-0.39, 0.29) is 28.0 Å². The molecule has 0 spiro atoms. The van der Waals surface area contributed by atoms with Crippen LogP contribution in [0.3, 0.4) is 0 Å². The van der Waals surface area contributed by atoms with Crippen molar-refractivity contribution in [3.63, 3.8) is 0 Å². The number of hydrogen-bond donors (Lipinski definition) is 1. The smallest absolute Gasteiger partial charge is 0.388 e. The molecule has 0 saturated carbocycles. The largest absolute Gasteiger partial charge is 0.437 e. The van der Waals surface area contributed by atoms with Gasteiger partial charge in [-0.15, -0.1) is 5.10 Å². The minimum atomic E-state index is -0.913. The molecule has 0 aliphatic heterocycles. The molecule has 0 saturated heterocycles. The number of benzene rings is 2. The summed E-state index contributed by atoms with van der Waals surface area (Å²) >= 11 is 11.9. The van der Waals surface area contributed by atoms with E-state index in [1.54, 1.807) is 24.3 Å². The summed E-state index contributed by atoms with van der Waals surface area (Å²) in [5.74, 6) is -1.66. The van der Waals surface area contributed by atoms with Crippen molar-refractivity contribution < 1.29 is 18.7 Å². The average molecular weight is 476 g/mol. The lowest BCUT2D eigenvalue weighted by Crippen LogP contribution is -2.25. The Morgan fingerprint density at radius 3 is 2.59 bits per heavy atom. The van der Waals surface area contributed by atoms with Gasteiger partial charge in [-0.1, -0.05) is 40.5 Å². The predicted molar refractivity (Wildman–Crippen MR) is 113 cm³/mol. The second-order valence-corrected chi connectivity index (χ2v) is 7.23. The molecule has 0 aliphatic rings. The van der Waals surface area contributed by atoms with Gasteiger partial charge < -0.3 is 8.94 Å². The molecule has 0 bridgehead atoms. The number of carbonyl (C=O) groups excluding carboxylic acids is 1. The van der Waals surface area contributed by atoms with Crippen LogP contribution in [-0.2, 0) is 11.3 Å². The third-order valence-corrected chi connectivity index (χ3v) is 4.77. The standard InChI is InChI=1S/C19H11Cl2N5O6/c20-11-3-1-10(2-4-11)15-8-17(32-24-15)22-16(27)9-25-19(28)31-18(23-25)13-6-5-12(26(29)30)7-14(13)21/h1-8H,9H2,(H,22,27). The maximum Gasteiger partial charge on any atom is 0.437 e. The first kappa shape index (κ1) is 21.3. The zero-order valence-electron chi connectivity index (χ0n) is 15.8. The van der Waals surface area contributed by atoms with E-state index < -0.39 is 23.1 Å². The number of carbonyl (C=O) groups is 1. The number of non-ortho nitro benzene ring substituents is 1. The molecule has 0 radical (unpaired) electrons. The first-order valence-corrected chi connectivity index (χ1v) is 9.60. The molecule has 2 aromatic carbocycles. The van der Waals surface area contributed by atoms with Crippen LogP contribution in [0.2, 0.25) is 10.0 Å². The summed E-state index contributed by atoms with van der Waals surface area (Å²) in [6.45, 7) is -0.482. The van der Waals surface area contributed by atoms with E-state index in [1.165, 1.54) is 18.2 Å². The zero-order valence-corrected chi connectivity index (χ0v) is 17.3. The summed E-state index contributed by atoms with van der Waals surface area (Å²) in [5.41, 5.74) is 1.14. The molecule has 0 fully saturated rings. The number of aromatic nitrogens is 3. The van der Waals surface area contributed by atoms with Crippen molar-refractivity contribution in [2.75, 3.05) is 5.32 Å². The van der Waals surface area contributed by atoms with E-state index in [0.717, 1.165) is 16.3 Å². The van der Waals surface area contributed by atoms with Crippen molar-refractivity contribution in [2.24, 2.45) is 0 Å². The van der Waals surface area contributed by atoms with Gasteiger partial charge in [0, 0.05) is 28.8 Å². The van der Waals surface area contributed by atoms with Crippen LogP contribution in [0.5, 0.6) is 0 Å². The SMILES string of the molecule is O=C(Cn1nc(-c2ccc([N+](=O)[O-])cc2Cl)oc1=O)Nc1cc(-c2ccc(Cl)cc2)no1. The monoisotopic (exact) mass is 475 g/mol. The number of anilines is 1. The minimum Gasteiger partial charge on any atom is -0.388 e. The molecular formula is C19H11Cl2N5O6. The first-order valence-electron chi connectivity index (χ1n) is 8.85. The van der Waals surface area contributed by atoms with Crippen LogP contribution in [0.4, 0.5) is 11.6 Å². The number of amides is 1. The van der Waals surface area contributed by atoms with E-state index in [4.69, 9.17) is 32.1 Å². The van der Waals surface area contributed by atoms with Crippen LogP contribution < -0.4 is 11.1 Å². The van der Waals surface area contributed by atoms with E-state index >= 15 is 0 Å². The fourth-order valence-electron chi connectivity index (χ4n) is 2.71. The fraction of sp³-hybridized carbons (Fsp3) is 0.0526. The average Bonchev–Trinajstić information content (AvgIpc) is 3.35. The van der Waals surface area contributed by atoms with Gasteiger partial charge in [0.1, 0.15) is 12.2 Å². The lowest BCUT2D eigenvalue weighted by molar-refractivity contribution is -0.384. The van der Waals surface area contributed by atoms with Gasteiger partial charge in [0.05, 0.1) is 15.5 Å². The normalized spacial score (nSPS) is 10.8. The Morgan fingerprint density at radius 2 is 1.91 bits per heavy atom. The first-order chi connectivity index (χ1) is 15.3. The maximum atomic E-state index is 12.3. The Kier molecular flexibility index (Phi) is 5.75. The van der Waals surface area contributed by atoms with E-state index in [1.807, 2.05) is 0 Å². The predicted octanol–water partition coefficient (Wildman–Crippen LogP) is 4.01. The summed E-state index contributed by atoms with van der Waals surface area (Å²) in [5, 5.41) is 21.6. The Balaban J connectivity index is 1.47. The molecule has 1 N–H and O–H groups in total. The molecule has 4 aromatic rings. The van der Waals surface area contributed by atoms with Crippen molar-refractivity contribution in [3.8, 4) is 22.7 Å². The van der Waals surface area contributed by atoms with Crippen molar-refractivity contribution in [2.45, 2.75) is 6.54 Å². The Labute approximate surface area is 188 Å². The highest BCUT2D eigenvalue weighted by molar-refractivity contribution is 6.33. The topological polar surface area (TPSA) is 146 Å². The molecule has 162 valence electrons. The maximum absolute atomic E-state index is 12.3. The highest BCUT2D eigenvalue weighted by atomic mass is 35.5. The van der Waals surface area contributed by atoms with Gasteiger partial charge >= 0.3 is 5.76 Å². The molecule has 0 aliphatic carbocycles. The molecule has 4 rings (SSSR count). The fourth-order valence-corrected chi connectivity index (χ4v) is 3.09. The zero-order chi connectivity index (χ0) is 22.8. The van der Waals surface area contributed by atoms with Gasteiger partial charge in [-0.2, -0.15) is 4.68 Å². The Morgan fingerprint density at radius 1 is 1.16 bits per heavy atom. The second-order valence-electron chi connectivity index (χ2n) is 6.38. The highest BCUT2D eigenvalue weighted by Gasteiger charge is 2.18. The summed E-state index contributed by atoms with van der Waals surface area (Å²) in [6, 6.07) is 12.0. The Bertz CT molecular complexity index is 1380. The highest BCUT2D eigenvalue weighted by Crippen LogP contribution is 2.29. The van der Waals surface area contributed by atoms with Gasteiger partial charge in [-0.05, 0) is 18.2 Å². The summed E-state index contributed by atoms with van der Waals surface area (Å²) in [6.07, 6.45) is 0. The van der Waals surface area contributed by atoms with Crippen molar-refractivity contribution in [3.05, 3.63) is 79.2 Å². The van der Waals surface area contributed by atoms with Crippen molar-refractivity contribution in [1.29, 1.82) is 0 Å². The van der Waals surface area contributed by atoms with Crippen molar-refractivity contribution in [1.82, 2.24) is 14.9 Å². The van der Waals surface area contributed by atoms with E-state index in [9.17, 15) is 19.7 Å². The van der Waals surface area contributed by atoms with Gasteiger partial charge in [-0.25, -0.2) is 4.79 Å². The number of hydrogen-bond acceptors (Lipinski definition) is 8. The van der Waals surface area contributed by atoms with E-state index in [2.05, 4.69) is 15.6 Å². The summed E-state index contributed by atoms with van der Waals surface area (Å²) < 4.78 is 10.9. The van der Waals surface area contributed by atoms with Crippen LogP contribution in [-0.4, -0.2) is 25.8 Å². The van der Waals surface area contributed by atoms with Crippen LogP contribution >= 0.6 is 23.2 Å². The van der Waals surface area contributed by atoms with Crippen molar-refractivity contribution >= 4 is 40.7 Å². The molecule has 0 atom stereocenters. The van der Waals surface area contributed by atoms with Crippen LogP contribution in [0.25, 0.3) is 22.7 Å². The lowest BCUT2D eigenvalue weighted by atomic mass is 10.1. The van der Waals surface area contributed by atoms with E-state index in [0.29, 0.717) is 10.7 Å². The second kappa shape index (κ2) is 8.65. The molecule has 32 heavy (non-hydrogen) atoms. The number of rotatable bonds is 6. The van der Waals surface area contributed by atoms with Crippen LogP contribution in [0.1, 0.15) is 0 Å². The number of nitrogens with zero attached hydrogens (tertiary/aromatic N) is 4. The van der Waals surface area contributed by atoms with Gasteiger partial charge in [0.2, 0.25) is 11.8 Å².